The summed E-state index contributed by atoms with van der Waals surface area (Å²) in [6.45, 7) is 9.67. The van der Waals surface area contributed by atoms with Crippen LogP contribution in [0.5, 0.6) is 0 Å². The van der Waals surface area contributed by atoms with Crippen LogP contribution in [0.3, 0.4) is 0 Å². The van der Waals surface area contributed by atoms with Gasteiger partial charge in [0.05, 0.1) is 6.10 Å². The molecule has 1 heteroatoms. The quantitative estimate of drug-likeness (QED) is 0.665. The van der Waals surface area contributed by atoms with Crippen molar-refractivity contribution < 1.29 is 5.11 Å². The fraction of sp³-hybridized carbons (Fsp3) is 1.00. The van der Waals surface area contributed by atoms with E-state index in [0.717, 1.165) is 24.2 Å². The first-order valence-electron chi connectivity index (χ1n) is 7.04. The van der Waals surface area contributed by atoms with E-state index in [1.165, 1.54) is 19.3 Å². The maximum Gasteiger partial charge on any atom is 0.0568 e. The van der Waals surface area contributed by atoms with Gasteiger partial charge < -0.3 is 5.11 Å². The van der Waals surface area contributed by atoms with Crippen LogP contribution < -0.4 is 0 Å². The number of aliphatic hydroxyl groups excluding tert-OH is 1. The maximum atomic E-state index is 10.1. The molecule has 0 amide bonds. The molecule has 16 heavy (non-hydrogen) atoms. The molecule has 0 aliphatic heterocycles. The summed E-state index contributed by atoms with van der Waals surface area (Å²) in [6, 6.07) is 0. The second kappa shape index (κ2) is 3.04. The molecule has 0 saturated heterocycles. The topological polar surface area (TPSA) is 20.2 Å². The van der Waals surface area contributed by atoms with Gasteiger partial charge in [0.1, 0.15) is 0 Å². The lowest BCUT2D eigenvalue weighted by Gasteiger charge is -2.50. The van der Waals surface area contributed by atoms with Crippen molar-refractivity contribution in [3.05, 3.63) is 0 Å². The molecule has 3 aliphatic rings. The molecule has 3 saturated carbocycles. The normalized spacial score (nSPS) is 58.7. The third kappa shape index (κ3) is 1.27. The lowest BCUT2D eigenvalue weighted by molar-refractivity contribution is -0.0574. The van der Waals surface area contributed by atoms with Gasteiger partial charge in [-0.25, -0.2) is 0 Å². The van der Waals surface area contributed by atoms with Gasteiger partial charge in [-0.05, 0) is 60.2 Å². The van der Waals surface area contributed by atoms with Gasteiger partial charge in [-0.1, -0.05) is 27.7 Å². The van der Waals surface area contributed by atoms with E-state index < -0.39 is 0 Å². The summed E-state index contributed by atoms with van der Waals surface area (Å²) in [5.41, 5.74) is 1.14. The minimum atomic E-state index is -0.0310. The summed E-state index contributed by atoms with van der Waals surface area (Å²) in [5, 5.41) is 10.1. The van der Waals surface area contributed by atoms with Gasteiger partial charge in [-0.2, -0.15) is 0 Å². The molecule has 1 N–H and O–H groups in total. The fourth-order valence-corrected chi connectivity index (χ4v) is 5.09. The van der Waals surface area contributed by atoms with E-state index >= 15 is 0 Å². The van der Waals surface area contributed by atoms with Gasteiger partial charge in [0.2, 0.25) is 0 Å². The van der Waals surface area contributed by atoms with E-state index in [2.05, 4.69) is 27.7 Å². The monoisotopic (exact) mass is 222 g/mol. The summed E-state index contributed by atoms with van der Waals surface area (Å²) < 4.78 is 0. The van der Waals surface area contributed by atoms with Gasteiger partial charge in [-0.3, -0.25) is 0 Å². The van der Waals surface area contributed by atoms with Gasteiger partial charge in [0, 0.05) is 0 Å². The second-order valence-electron chi connectivity index (χ2n) is 7.70. The molecule has 0 spiro atoms. The third-order valence-corrected chi connectivity index (χ3v) is 6.63. The molecule has 0 unspecified atom stereocenters. The Morgan fingerprint density at radius 2 is 1.75 bits per heavy atom. The Morgan fingerprint density at radius 1 is 1.06 bits per heavy atom. The molecule has 0 bridgehead atoms. The Bertz CT molecular complexity index is 309. The zero-order valence-electron chi connectivity index (χ0n) is 11.2. The molecule has 0 aromatic carbocycles. The molecular formula is C15H26O. The number of fused-ring (bicyclic) bond motifs is 2. The van der Waals surface area contributed by atoms with Crippen LogP contribution in [0.2, 0.25) is 0 Å². The standard InChI is InChI=1S/C15H26O/c1-9-10-7-11-12(14(11,2)3)8-15(10,4)6-5-13(9)16/h9-13,16H,5-8H2,1-4H3/t9-,10+,11-,12+,13-,15+/m1/s1. The summed E-state index contributed by atoms with van der Waals surface area (Å²) >= 11 is 0. The van der Waals surface area contributed by atoms with Crippen LogP contribution >= 0.6 is 0 Å². The molecular weight excluding hydrogens is 196 g/mol. The Balaban J connectivity index is 1.86. The Labute approximate surface area is 99.6 Å². The highest BCUT2D eigenvalue weighted by atomic mass is 16.3. The van der Waals surface area contributed by atoms with Crippen LogP contribution in [0.15, 0.2) is 0 Å². The second-order valence-corrected chi connectivity index (χ2v) is 7.70. The average Bonchev–Trinajstić information content (AvgIpc) is 2.73. The van der Waals surface area contributed by atoms with Crippen molar-refractivity contribution in [1.29, 1.82) is 0 Å². The van der Waals surface area contributed by atoms with Crippen molar-refractivity contribution in [2.75, 3.05) is 0 Å². The first kappa shape index (κ1) is 11.1. The summed E-state index contributed by atoms with van der Waals surface area (Å²) in [5.74, 6) is 3.24. The van der Waals surface area contributed by atoms with Crippen LogP contribution in [0.1, 0.15) is 53.4 Å². The molecule has 3 fully saturated rings. The highest BCUT2D eigenvalue weighted by Crippen LogP contribution is 2.71. The predicted molar refractivity (Wildman–Crippen MR) is 66.0 cm³/mol. The fourth-order valence-electron chi connectivity index (χ4n) is 5.09. The zero-order chi connectivity index (χ0) is 11.7. The summed E-state index contributed by atoms with van der Waals surface area (Å²) in [6.07, 6.45) is 5.06. The van der Waals surface area contributed by atoms with E-state index in [1.54, 1.807) is 0 Å². The van der Waals surface area contributed by atoms with Gasteiger partial charge in [-0.15, -0.1) is 0 Å². The van der Waals surface area contributed by atoms with E-state index in [9.17, 15) is 5.11 Å². The van der Waals surface area contributed by atoms with Crippen molar-refractivity contribution in [2.45, 2.75) is 59.5 Å². The van der Waals surface area contributed by atoms with E-state index in [-0.39, 0.29) is 6.10 Å². The Kier molecular flexibility index (Phi) is 2.11. The maximum absolute atomic E-state index is 10.1. The molecule has 1 nitrogen and oxygen atoms in total. The van der Waals surface area contributed by atoms with Gasteiger partial charge in [0.25, 0.3) is 0 Å². The lowest BCUT2D eigenvalue weighted by atomic mass is 9.56. The summed E-state index contributed by atoms with van der Waals surface area (Å²) in [7, 11) is 0. The van der Waals surface area contributed by atoms with Crippen LogP contribution in [0, 0.1) is 34.5 Å². The SMILES string of the molecule is C[C@H]1[C@H](O)CC[C@@]2(C)C[C@H]3[C@@H](C[C@@H]12)C3(C)C. The van der Waals surface area contributed by atoms with Gasteiger partial charge >= 0.3 is 0 Å². The van der Waals surface area contributed by atoms with Gasteiger partial charge in [0.15, 0.2) is 0 Å². The van der Waals surface area contributed by atoms with Crippen molar-refractivity contribution >= 4 is 0 Å². The third-order valence-electron chi connectivity index (χ3n) is 6.63. The molecule has 0 heterocycles. The lowest BCUT2D eigenvalue weighted by Crippen LogP contribution is -2.45. The molecule has 0 aromatic heterocycles. The van der Waals surface area contributed by atoms with Crippen molar-refractivity contribution in [2.24, 2.45) is 34.5 Å². The highest BCUT2D eigenvalue weighted by Gasteiger charge is 2.65. The van der Waals surface area contributed by atoms with Crippen LogP contribution in [0.4, 0.5) is 0 Å². The number of hydrogen-bond acceptors (Lipinski definition) is 1. The van der Waals surface area contributed by atoms with Crippen molar-refractivity contribution in [1.82, 2.24) is 0 Å². The van der Waals surface area contributed by atoms with E-state index in [0.29, 0.717) is 16.7 Å². The van der Waals surface area contributed by atoms with Crippen molar-refractivity contribution in [3.63, 3.8) is 0 Å². The average molecular weight is 222 g/mol. The summed E-state index contributed by atoms with van der Waals surface area (Å²) in [4.78, 5) is 0. The molecule has 3 aliphatic carbocycles. The zero-order valence-corrected chi connectivity index (χ0v) is 11.2. The largest absolute Gasteiger partial charge is 0.393 e. The molecule has 92 valence electrons. The van der Waals surface area contributed by atoms with E-state index in [4.69, 9.17) is 0 Å². The number of rotatable bonds is 0. The van der Waals surface area contributed by atoms with Crippen LogP contribution in [-0.4, -0.2) is 11.2 Å². The molecule has 6 atom stereocenters. The minimum absolute atomic E-state index is 0.0310. The smallest absolute Gasteiger partial charge is 0.0568 e. The number of aliphatic hydroxyl groups is 1. The predicted octanol–water partition coefficient (Wildman–Crippen LogP) is 3.47. The first-order chi connectivity index (χ1) is 7.36. The van der Waals surface area contributed by atoms with Crippen LogP contribution in [-0.2, 0) is 0 Å². The molecule has 0 aromatic rings. The minimum Gasteiger partial charge on any atom is -0.393 e. The molecule has 0 radical (unpaired) electrons. The number of hydrogen-bond donors (Lipinski definition) is 1. The Morgan fingerprint density at radius 3 is 2.44 bits per heavy atom. The highest BCUT2D eigenvalue weighted by molar-refractivity contribution is 5.13. The van der Waals surface area contributed by atoms with E-state index in [1.807, 2.05) is 0 Å². The molecule has 3 rings (SSSR count). The first-order valence-corrected chi connectivity index (χ1v) is 7.04. The van der Waals surface area contributed by atoms with Crippen LogP contribution in [0.25, 0.3) is 0 Å². The Hall–Kier alpha value is -0.0400. The van der Waals surface area contributed by atoms with Crippen molar-refractivity contribution in [3.8, 4) is 0 Å².